The number of fused-ring (bicyclic) bond motifs is 2. The van der Waals surface area contributed by atoms with Gasteiger partial charge in [-0.15, -0.1) is 0 Å². The molecule has 1 aliphatic heterocycles. The van der Waals surface area contributed by atoms with Gasteiger partial charge in [-0.1, -0.05) is 36.4 Å². The van der Waals surface area contributed by atoms with Gasteiger partial charge < -0.3 is 15.2 Å². The van der Waals surface area contributed by atoms with Gasteiger partial charge in [0.25, 0.3) is 5.91 Å². The predicted molar refractivity (Wildman–Crippen MR) is 126 cm³/mol. The SMILES string of the molecule is O=C(c1ccc(-c2c[nH]cn2)cc1)N1CCc2nc(NC3Cc4ccccc4C3)ncc2C1. The van der Waals surface area contributed by atoms with Crippen LogP contribution < -0.4 is 5.32 Å². The highest BCUT2D eigenvalue weighted by Crippen LogP contribution is 2.25. The molecule has 0 saturated carbocycles. The number of benzene rings is 2. The molecule has 3 heterocycles. The van der Waals surface area contributed by atoms with Crippen LogP contribution in [0.25, 0.3) is 11.3 Å². The van der Waals surface area contributed by atoms with Gasteiger partial charge in [0.2, 0.25) is 5.95 Å². The van der Waals surface area contributed by atoms with E-state index in [2.05, 4.69) is 44.5 Å². The highest BCUT2D eigenvalue weighted by molar-refractivity contribution is 5.94. The molecule has 0 fully saturated rings. The number of H-pyrrole nitrogens is 1. The molecule has 164 valence electrons. The lowest BCUT2D eigenvalue weighted by molar-refractivity contribution is 0.0733. The molecule has 6 rings (SSSR count). The van der Waals surface area contributed by atoms with E-state index in [1.54, 1.807) is 6.33 Å². The predicted octanol–water partition coefficient (Wildman–Crippen LogP) is 3.64. The molecule has 33 heavy (non-hydrogen) atoms. The number of nitrogens with one attached hydrogen (secondary N) is 2. The van der Waals surface area contributed by atoms with Crippen molar-refractivity contribution in [2.75, 3.05) is 11.9 Å². The summed E-state index contributed by atoms with van der Waals surface area (Å²) < 4.78 is 0. The Kier molecular flexibility index (Phi) is 4.87. The summed E-state index contributed by atoms with van der Waals surface area (Å²) in [5.41, 5.74) is 7.38. The van der Waals surface area contributed by atoms with E-state index in [1.165, 1.54) is 11.1 Å². The number of hydrogen-bond donors (Lipinski definition) is 2. The van der Waals surface area contributed by atoms with E-state index in [0.29, 0.717) is 30.6 Å². The zero-order valence-corrected chi connectivity index (χ0v) is 18.2. The molecule has 0 bridgehead atoms. The average molecular weight is 437 g/mol. The van der Waals surface area contributed by atoms with Gasteiger partial charge >= 0.3 is 0 Å². The van der Waals surface area contributed by atoms with E-state index in [0.717, 1.165) is 41.8 Å². The highest BCUT2D eigenvalue weighted by atomic mass is 16.2. The first-order chi connectivity index (χ1) is 16.2. The third-order valence-electron chi connectivity index (χ3n) is 6.53. The lowest BCUT2D eigenvalue weighted by atomic mass is 10.0. The van der Waals surface area contributed by atoms with Crippen LogP contribution >= 0.6 is 0 Å². The van der Waals surface area contributed by atoms with Crippen LogP contribution in [0.4, 0.5) is 5.95 Å². The Bertz CT molecular complexity index is 1270. The van der Waals surface area contributed by atoms with Gasteiger partial charge in [0.15, 0.2) is 0 Å². The Morgan fingerprint density at radius 2 is 1.79 bits per heavy atom. The molecule has 2 N–H and O–H groups in total. The van der Waals surface area contributed by atoms with Crippen molar-refractivity contribution in [2.24, 2.45) is 0 Å². The van der Waals surface area contributed by atoms with Crippen molar-refractivity contribution >= 4 is 11.9 Å². The molecule has 7 nitrogen and oxygen atoms in total. The number of aromatic nitrogens is 4. The number of amides is 1. The maximum Gasteiger partial charge on any atom is 0.254 e. The summed E-state index contributed by atoms with van der Waals surface area (Å²) in [4.78, 5) is 31.5. The van der Waals surface area contributed by atoms with Gasteiger partial charge in [-0.25, -0.2) is 15.0 Å². The summed E-state index contributed by atoms with van der Waals surface area (Å²) in [6, 6.07) is 16.5. The van der Waals surface area contributed by atoms with Crippen molar-refractivity contribution in [1.82, 2.24) is 24.8 Å². The molecule has 1 amide bonds. The van der Waals surface area contributed by atoms with Crippen LogP contribution in [0.2, 0.25) is 0 Å². The Morgan fingerprint density at radius 3 is 2.52 bits per heavy atom. The third kappa shape index (κ3) is 3.86. The largest absolute Gasteiger partial charge is 0.351 e. The zero-order chi connectivity index (χ0) is 22.2. The molecular weight excluding hydrogens is 412 g/mol. The summed E-state index contributed by atoms with van der Waals surface area (Å²) in [7, 11) is 0. The first kappa shape index (κ1) is 19.7. The number of carbonyl (C=O) groups excluding carboxylic acids is 1. The van der Waals surface area contributed by atoms with Gasteiger partial charge in [0.1, 0.15) is 0 Å². The van der Waals surface area contributed by atoms with Crippen LogP contribution in [0, 0.1) is 0 Å². The fourth-order valence-corrected chi connectivity index (χ4v) is 4.79. The van der Waals surface area contributed by atoms with Crippen molar-refractivity contribution in [3.8, 4) is 11.3 Å². The van der Waals surface area contributed by atoms with Crippen LogP contribution in [-0.4, -0.2) is 43.3 Å². The molecule has 2 aliphatic rings. The number of imidazole rings is 1. The number of anilines is 1. The fourth-order valence-electron chi connectivity index (χ4n) is 4.79. The van der Waals surface area contributed by atoms with Crippen molar-refractivity contribution < 1.29 is 4.79 Å². The second-order valence-corrected chi connectivity index (χ2v) is 8.69. The molecule has 1 aliphatic carbocycles. The van der Waals surface area contributed by atoms with E-state index in [9.17, 15) is 4.79 Å². The Balaban J connectivity index is 1.12. The minimum atomic E-state index is 0.0279. The minimum absolute atomic E-state index is 0.0279. The number of hydrogen-bond acceptors (Lipinski definition) is 5. The summed E-state index contributed by atoms with van der Waals surface area (Å²) in [6.07, 6.45) is 8.08. The van der Waals surface area contributed by atoms with Crippen LogP contribution in [0.15, 0.2) is 67.3 Å². The molecule has 4 aromatic rings. The third-order valence-corrected chi connectivity index (χ3v) is 6.53. The molecular formula is C26H24N6O. The quantitative estimate of drug-likeness (QED) is 0.510. The second kappa shape index (κ2) is 8.16. The molecule has 2 aromatic carbocycles. The monoisotopic (exact) mass is 436 g/mol. The summed E-state index contributed by atoms with van der Waals surface area (Å²) in [6.45, 7) is 1.18. The maximum absolute atomic E-state index is 13.1. The molecule has 7 heteroatoms. The van der Waals surface area contributed by atoms with Crippen molar-refractivity contribution in [3.63, 3.8) is 0 Å². The Morgan fingerprint density at radius 1 is 1.00 bits per heavy atom. The molecule has 0 unspecified atom stereocenters. The number of nitrogens with zero attached hydrogens (tertiary/aromatic N) is 4. The van der Waals surface area contributed by atoms with E-state index in [4.69, 9.17) is 4.98 Å². The van der Waals surface area contributed by atoms with Crippen LogP contribution in [0.1, 0.15) is 32.7 Å². The smallest absolute Gasteiger partial charge is 0.254 e. The maximum atomic E-state index is 13.1. The van der Waals surface area contributed by atoms with Crippen LogP contribution in [-0.2, 0) is 25.8 Å². The number of rotatable bonds is 4. The lowest BCUT2D eigenvalue weighted by Gasteiger charge is -2.28. The van der Waals surface area contributed by atoms with Gasteiger partial charge in [-0.05, 0) is 36.1 Å². The van der Waals surface area contributed by atoms with Crippen LogP contribution in [0.5, 0.6) is 0 Å². The van der Waals surface area contributed by atoms with Crippen molar-refractivity contribution in [2.45, 2.75) is 31.8 Å². The molecule has 2 aromatic heterocycles. The Labute approximate surface area is 191 Å². The van der Waals surface area contributed by atoms with Gasteiger partial charge in [0.05, 0.1) is 17.7 Å². The summed E-state index contributed by atoms with van der Waals surface area (Å²) in [5.74, 6) is 0.709. The first-order valence-electron chi connectivity index (χ1n) is 11.3. The normalized spacial score (nSPS) is 15.2. The second-order valence-electron chi connectivity index (χ2n) is 8.69. The average Bonchev–Trinajstić information content (AvgIpc) is 3.53. The number of carbonyl (C=O) groups is 1. The van der Waals surface area contributed by atoms with Crippen molar-refractivity contribution in [1.29, 1.82) is 0 Å². The molecule has 0 spiro atoms. The van der Waals surface area contributed by atoms with E-state index < -0.39 is 0 Å². The van der Waals surface area contributed by atoms with Gasteiger partial charge in [0, 0.05) is 54.6 Å². The molecule has 0 radical (unpaired) electrons. The lowest BCUT2D eigenvalue weighted by Crippen LogP contribution is -2.36. The van der Waals surface area contributed by atoms with E-state index in [-0.39, 0.29) is 5.91 Å². The van der Waals surface area contributed by atoms with Crippen molar-refractivity contribution in [3.05, 3.63) is 95.2 Å². The fraction of sp³-hybridized carbons (Fsp3) is 0.231. The number of aromatic amines is 1. The summed E-state index contributed by atoms with van der Waals surface area (Å²) >= 11 is 0. The zero-order valence-electron chi connectivity index (χ0n) is 18.2. The summed E-state index contributed by atoms with van der Waals surface area (Å²) in [5, 5.41) is 3.50. The topological polar surface area (TPSA) is 86.8 Å². The molecule has 0 saturated heterocycles. The standard InChI is InChI=1S/C26H24N6O/c33-25(18-7-5-17(6-8-18)24-14-27-16-29-24)32-10-9-23-21(15-32)13-28-26(31-23)30-22-11-19-3-1-2-4-20(19)12-22/h1-8,13-14,16,22H,9-12,15H2,(H,27,29)(H,28,30,31). The van der Waals surface area contributed by atoms with E-state index in [1.807, 2.05) is 41.6 Å². The minimum Gasteiger partial charge on any atom is -0.351 e. The Hall–Kier alpha value is -4.00. The van der Waals surface area contributed by atoms with Gasteiger partial charge in [-0.3, -0.25) is 4.79 Å². The van der Waals surface area contributed by atoms with Gasteiger partial charge in [-0.2, -0.15) is 0 Å². The highest BCUT2D eigenvalue weighted by Gasteiger charge is 2.25. The van der Waals surface area contributed by atoms with Crippen LogP contribution in [0.3, 0.4) is 0 Å². The molecule has 0 atom stereocenters. The van der Waals surface area contributed by atoms with E-state index >= 15 is 0 Å². The first-order valence-corrected chi connectivity index (χ1v) is 11.3.